The Morgan fingerprint density at radius 3 is 2.13 bits per heavy atom. The van der Waals surface area contributed by atoms with E-state index in [9.17, 15) is 0 Å². The van der Waals surface area contributed by atoms with Gasteiger partial charge in [0.25, 0.3) is 0 Å². The second-order valence-corrected chi connectivity index (χ2v) is 14.2. The Hall–Kier alpha value is -1.58. The average molecular weight is 531 g/mol. The minimum atomic E-state index is -0.344. The van der Waals surface area contributed by atoms with E-state index in [1.54, 1.807) is 0 Å². The summed E-state index contributed by atoms with van der Waals surface area (Å²) in [5.41, 5.74) is 6.29. The second kappa shape index (κ2) is 11.7. The number of unbranched alkanes of at least 4 members (excludes halogenated alkanes) is 5. The third kappa shape index (κ3) is 5.65. The van der Waals surface area contributed by atoms with Crippen molar-refractivity contribution in [2.45, 2.75) is 149 Å². The van der Waals surface area contributed by atoms with Crippen LogP contribution in [-0.2, 0) is 20.1 Å². The first-order valence-electron chi connectivity index (χ1n) is 16.0. The van der Waals surface area contributed by atoms with Crippen molar-refractivity contribution in [1.29, 1.82) is 0 Å². The number of hydrogen-bond donors (Lipinski definition) is 0. The Balaban J connectivity index is 1.69. The van der Waals surface area contributed by atoms with Gasteiger partial charge in [-0.3, -0.25) is 0 Å². The van der Waals surface area contributed by atoms with Gasteiger partial charge in [0.15, 0.2) is 0 Å². The van der Waals surface area contributed by atoms with Crippen molar-refractivity contribution in [3.63, 3.8) is 0 Å². The van der Waals surface area contributed by atoms with E-state index in [1.165, 1.54) is 80.0 Å². The molecule has 2 nitrogen and oxygen atoms in total. The molecule has 2 aromatic rings. The molecule has 2 aromatic carbocycles. The first kappa shape index (κ1) is 30.4. The first-order valence-corrected chi connectivity index (χ1v) is 16.0. The topological polar surface area (TPSA) is 18.5 Å². The first-order chi connectivity index (χ1) is 18.4. The van der Waals surface area contributed by atoms with Crippen molar-refractivity contribution in [3.05, 3.63) is 53.6 Å². The van der Waals surface area contributed by atoms with E-state index in [4.69, 9.17) is 9.31 Å². The second-order valence-electron chi connectivity index (χ2n) is 14.2. The van der Waals surface area contributed by atoms with Crippen LogP contribution in [0.2, 0.25) is 0 Å². The fourth-order valence-electron chi connectivity index (χ4n) is 7.49. The Bertz CT molecular complexity index is 1120. The van der Waals surface area contributed by atoms with E-state index in [0.29, 0.717) is 5.92 Å². The molecule has 0 saturated carbocycles. The fraction of sp³-hybridized carbons (Fsp3) is 0.667. The lowest BCUT2D eigenvalue weighted by Crippen LogP contribution is -2.47. The maximum absolute atomic E-state index is 6.86. The zero-order valence-electron chi connectivity index (χ0n) is 26.6. The predicted octanol–water partition coefficient (Wildman–Crippen LogP) is 9.76. The monoisotopic (exact) mass is 530 g/mol. The quantitative estimate of drug-likeness (QED) is 0.201. The number of rotatable bonds is 12. The standard InChI is InChI=1S/C36H55BO2/c1-10-12-13-14-15-18-24-35(8)32-25-28(22-23-30(32)29-20-16-17-21-31(29)33(35,4)5)37-38-34(6,7)36(9,39-37)26-27(3)19-11-2/h16-17,20-23,25,27H,10-15,18-19,24,26H2,1-9H3. The van der Waals surface area contributed by atoms with Crippen LogP contribution in [0.25, 0.3) is 11.1 Å². The average Bonchev–Trinajstić information content (AvgIpc) is 3.12. The molecule has 0 radical (unpaired) electrons. The minimum Gasteiger partial charge on any atom is -0.399 e. The van der Waals surface area contributed by atoms with Crippen molar-refractivity contribution < 1.29 is 9.31 Å². The normalized spacial score (nSPS) is 25.8. The van der Waals surface area contributed by atoms with Gasteiger partial charge >= 0.3 is 7.12 Å². The van der Waals surface area contributed by atoms with Gasteiger partial charge in [0, 0.05) is 5.41 Å². The molecule has 1 heterocycles. The lowest BCUT2D eigenvalue weighted by molar-refractivity contribution is -0.0261. The van der Waals surface area contributed by atoms with Crippen molar-refractivity contribution in [1.82, 2.24) is 0 Å². The van der Waals surface area contributed by atoms with Gasteiger partial charge < -0.3 is 9.31 Å². The molecule has 3 atom stereocenters. The van der Waals surface area contributed by atoms with Crippen molar-refractivity contribution >= 4 is 12.6 Å². The van der Waals surface area contributed by atoms with Crippen LogP contribution < -0.4 is 5.46 Å². The van der Waals surface area contributed by atoms with Gasteiger partial charge in [0.1, 0.15) is 0 Å². The van der Waals surface area contributed by atoms with Crippen LogP contribution >= 0.6 is 0 Å². The molecule has 214 valence electrons. The zero-order valence-corrected chi connectivity index (χ0v) is 26.6. The fourth-order valence-corrected chi connectivity index (χ4v) is 7.49. The van der Waals surface area contributed by atoms with Gasteiger partial charge in [-0.05, 0) is 72.7 Å². The summed E-state index contributed by atoms with van der Waals surface area (Å²) in [5.74, 6) is 0.614. The van der Waals surface area contributed by atoms with Crippen molar-refractivity contribution in [2.75, 3.05) is 0 Å². The van der Waals surface area contributed by atoms with Crippen LogP contribution in [0.1, 0.15) is 138 Å². The molecule has 1 aliphatic carbocycles. The van der Waals surface area contributed by atoms with Crippen LogP contribution in [0.3, 0.4) is 0 Å². The van der Waals surface area contributed by atoms with Gasteiger partial charge in [0.05, 0.1) is 11.2 Å². The van der Waals surface area contributed by atoms with E-state index >= 15 is 0 Å². The summed E-state index contributed by atoms with van der Waals surface area (Å²) in [7, 11) is -0.331. The summed E-state index contributed by atoms with van der Waals surface area (Å²) in [6.45, 7) is 21.1. The van der Waals surface area contributed by atoms with Crippen molar-refractivity contribution in [3.8, 4) is 11.1 Å². The molecule has 1 aliphatic heterocycles. The van der Waals surface area contributed by atoms with Gasteiger partial charge in [-0.1, -0.05) is 135 Å². The molecular formula is C36H55BO2. The van der Waals surface area contributed by atoms with Crippen LogP contribution in [0.4, 0.5) is 0 Å². The largest absolute Gasteiger partial charge is 0.494 e. The molecule has 0 aromatic heterocycles. The molecule has 0 bridgehead atoms. The molecule has 1 fully saturated rings. The number of fused-ring (bicyclic) bond motifs is 3. The van der Waals surface area contributed by atoms with Crippen LogP contribution in [0.15, 0.2) is 42.5 Å². The third-order valence-electron chi connectivity index (χ3n) is 10.8. The Morgan fingerprint density at radius 1 is 0.744 bits per heavy atom. The van der Waals surface area contributed by atoms with E-state index in [-0.39, 0.29) is 29.2 Å². The SMILES string of the molecule is CCCCCCCCC1(C)c2cc(B3OC(C)(C)C(C)(CC(C)CCC)O3)ccc2-c2ccccc2C1(C)C. The lowest BCUT2D eigenvalue weighted by atomic mass is 9.52. The van der Waals surface area contributed by atoms with Crippen LogP contribution in [0.5, 0.6) is 0 Å². The summed E-state index contributed by atoms with van der Waals surface area (Å²) < 4.78 is 13.6. The van der Waals surface area contributed by atoms with E-state index < -0.39 is 0 Å². The van der Waals surface area contributed by atoms with Gasteiger partial charge in [0.2, 0.25) is 0 Å². The number of hydrogen-bond acceptors (Lipinski definition) is 2. The summed E-state index contributed by atoms with van der Waals surface area (Å²) in [6, 6.07) is 16.2. The molecular weight excluding hydrogens is 475 g/mol. The smallest absolute Gasteiger partial charge is 0.399 e. The van der Waals surface area contributed by atoms with E-state index in [1.807, 2.05) is 0 Å². The van der Waals surface area contributed by atoms with Crippen LogP contribution in [0, 0.1) is 5.92 Å². The van der Waals surface area contributed by atoms with Gasteiger partial charge in [-0.25, -0.2) is 0 Å². The number of benzene rings is 2. The minimum absolute atomic E-state index is 0.0272. The molecule has 0 spiro atoms. The Kier molecular flexibility index (Phi) is 9.14. The molecule has 1 saturated heterocycles. The summed E-state index contributed by atoms with van der Waals surface area (Å²) >= 11 is 0. The van der Waals surface area contributed by atoms with Gasteiger partial charge in [-0.2, -0.15) is 0 Å². The highest BCUT2D eigenvalue weighted by Crippen LogP contribution is 2.56. The van der Waals surface area contributed by atoms with E-state index in [0.717, 1.165) is 11.9 Å². The molecule has 0 amide bonds. The molecule has 39 heavy (non-hydrogen) atoms. The summed E-state index contributed by atoms with van der Waals surface area (Å²) in [6.07, 6.45) is 12.6. The van der Waals surface area contributed by atoms with E-state index in [2.05, 4.69) is 105 Å². The molecule has 0 N–H and O–H groups in total. The molecule has 2 aliphatic rings. The Labute approximate surface area is 240 Å². The molecule has 3 heteroatoms. The maximum Gasteiger partial charge on any atom is 0.494 e. The highest BCUT2D eigenvalue weighted by Gasteiger charge is 2.55. The predicted molar refractivity (Wildman–Crippen MR) is 169 cm³/mol. The molecule has 3 unspecified atom stereocenters. The van der Waals surface area contributed by atoms with Crippen molar-refractivity contribution in [2.24, 2.45) is 5.92 Å². The Morgan fingerprint density at radius 2 is 1.41 bits per heavy atom. The zero-order chi connectivity index (χ0) is 28.5. The summed E-state index contributed by atoms with van der Waals surface area (Å²) in [4.78, 5) is 0. The summed E-state index contributed by atoms with van der Waals surface area (Å²) in [5, 5.41) is 0. The lowest BCUT2D eigenvalue weighted by Gasteiger charge is -2.51. The highest BCUT2D eigenvalue weighted by molar-refractivity contribution is 6.62. The molecule has 4 rings (SSSR count). The van der Waals surface area contributed by atoms with Crippen LogP contribution in [-0.4, -0.2) is 18.3 Å². The highest BCUT2D eigenvalue weighted by atomic mass is 16.7. The third-order valence-corrected chi connectivity index (χ3v) is 10.8. The van der Waals surface area contributed by atoms with Gasteiger partial charge in [-0.15, -0.1) is 0 Å². The maximum atomic E-state index is 6.86.